The molecule has 10 N–H and O–H groups in total. The second-order valence-corrected chi connectivity index (χ2v) is 43.1. The molecule has 6 spiro atoms. The number of Topliss-reactive ketones (excluding diaryl/α,β-unsaturated/α-hetero) is 1. The summed E-state index contributed by atoms with van der Waals surface area (Å²) in [4.78, 5) is 101. The summed E-state index contributed by atoms with van der Waals surface area (Å²) in [5.41, 5.74) is 4.52. The standard InChI is InChI=1S/C38H34Cl2FN3O3.C32H38Cl2FN3O4.C24H24Cl2FN3O3.C7H15NO2.ClH/c1-36(2)16-18-37(19-17-36)38(25-21-42-28(40)20-27(25)43-35(38)46)29(24-14-9-15-26(39)30(24)41)32-34(45)47-33(23-12-7-4-8-13-23)31(44(32)37)22-10-5-3-6-11-22;1-17(39)24-8-7-18(16-42-24)13-23(40)28-26(19-5-4-6-21(33)27(19)35)32(31(38-28)11-9-30(2,3)10-12-31)20-15-36-25(34)14-22(20)37-29(32)41;1-22(2)6-8-23(9-7-22)24(13-11-28-16(26)10-15(13)29-21(24)33)17(19(30-23)20(31)32)12-4-3-5-14(25)18(12)27;1-5(9)7-3-2-6(8)4-10-7;/h3-15,20-21,29,31-33H,16-19H2,1-2H3,(H,43,46);4-6,14-15,17-18,24,26,28,38-39H,7-13,16H2,1-3H3,(H,37,41);3-5,10-11,17,19,30H,6-9H2,1-2H3,(H,29,33)(H,31,32);5-7,9H,2-4,8H2,1H3;1H/t29-,31+,32+,33-,38-;17-,18?,24+,26+,28+,32+;17-,19+,24?;5-,6-,7+;/m0101./s1. The van der Waals surface area contributed by atoms with E-state index in [1.807, 2.05) is 60.7 Å². The number of amides is 3. The normalized spacial score (nSPS) is 30.5. The monoisotopic (exact) mass is 1960 g/mol. The number of ether oxygens (including phenoxy) is 3. The molecule has 2 unspecified atom stereocenters. The van der Waals surface area contributed by atoms with E-state index in [1.165, 1.54) is 30.5 Å². The maximum Gasteiger partial charge on any atom is 0.324 e. The van der Waals surface area contributed by atoms with E-state index < -0.39 is 116 Å². The Kier molecular flexibility index (Phi) is 27.6. The number of hydrogen-bond donors (Lipinski definition) is 9. The fourth-order valence-corrected chi connectivity index (χ4v) is 25.9. The molecule has 17 atom stereocenters. The number of nitrogens with zero attached hydrogens (tertiary/aromatic N) is 4. The summed E-state index contributed by atoms with van der Waals surface area (Å²) >= 11 is 37.7. The SMILES string of the molecule is CC1(C)CCC2(CC1)N1[C@H](c3ccccc3)[C@H](c3ccccc3)OC(=O)[C@H]1[C@H](c1cccc(Cl)c1F)[C@@]21C(=O)Nc2cc(Cl)ncc21.CC1(C)CCC2(CC1)N[C@@H](C(=O)O)[C@H](c1cccc(Cl)c1F)C21C(=O)Nc2cc(Cl)ncc21.C[C@@H](O)[C@@H]1CCC(CC(=O)[C@@H]2NC3(CCC(C)(C)CC3)[C@]3(C(=O)Nc4cc(Cl)ncc43)[C@H]2c2cccc(Cl)c2F)CO1.C[C@@H](O)[C@@H]1CC[C@@H](N)CO1.Cl. The molecule has 5 aromatic carbocycles. The van der Waals surface area contributed by atoms with E-state index in [9.17, 15) is 34.2 Å². The van der Waals surface area contributed by atoms with Gasteiger partial charge in [-0.25, -0.2) is 28.1 Å². The molecule has 708 valence electrons. The van der Waals surface area contributed by atoms with Crippen molar-refractivity contribution in [2.45, 2.75) is 276 Å². The van der Waals surface area contributed by atoms with Crippen LogP contribution in [0.1, 0.15) is 239 Å². The van der Waals surface area contributed by atoms with Crippen LogP contribution >= 0.6 is 82.0 Å². The molecule has 12 aliphatic rings. The fourth-order valence-electron chi connectivity index (χ4n) is 24.8. The third kappa shape index (κ3) is 16.8. The third-order valence-corrected chi connectivity index (χ3v) is 33.0. The molecule has 3 amide bonds. The minimum absolute atomic E-state index is 0. The van der Waals surface area contributed by atoms with Gasteiger partial charge in [0.15, 0.2) is 5.78 Å². The number of morpholine rings is 1. The molecule has 8 aromatic rings. The van der Waals surface area contributed by atoms with Crippen LogP contribution in [0.25, 0.3) is 0 Å². The van der Waals surface area contributed by atoms with Crippen LogP contribution in [0.5, 0.6) is 0 Å². The molecule has 12 heterocycles. The van der Waals surface area contributed by atoms with Crippen molar-refractivity contribution in [1.29, 1.82) is 0 Å². The number of hydrogen-bond acceptors (Lipinski definition) is 18. The smallest absolute Gasteiger partial charge is 0.324 e. The second kappa shape index (κ2) is 37.4. The highest BCUT2D eigenvalue weighted by Gasteiger charge is 2.80. The predicted octanol–water partition coefficient (Wildman–Crippen LogP) is 19.7. The van der Waals surface area contributed by atoms with Crippen LogP contribution < -0.4 is 32.3 Å². The molecule has 3 aromatic heterocycles. The van der Waals surface area contributed by atoms with Gasteiger partial charge in [-0.15, -0.1) is 12.4 Å². The molecule has 0 bridgehead atoms. The van der Waals surface area contributed by atoms with Gasteiger partial charge in [-0.2, -0.15) is 0 Å². The molecular weight excluding hydrogens is 1850 g/mol. The molecule has 0 radical (unpaired) electrons. The Morgan fingerprint density at radius 3 is 1.28 bits per heavy atom. The quantitative estimate of drug-likeness (QED) is 0.0429. The van der Waals surface area contributed by atoms with E-state index >= 15 is 18.0 Å². The lowest BCUT2D eigenvalue weighted by Gasteiger charge is -2.57. The number of aliphatic hydroxyl groups excluding tert-OH is 2. The second-order valence-electron chi connectivity index (χ2n) is 40.7. The summed E-state index contributed by atoms with van der Waals surface area (Å²) in [7, 11) is 0. The number of carbonyl (C=O) groups is 6. The molecule has 3 saturated carbocycles. The maximum atomic E-state index is 16.5. The van der Waals surface area contributed by atoms with Gasteiger partial charge in [0, 0.05) is 99.2 Å². The van der Waals surface area contributed by atoms with E-state index in [-0.39, 0.29) is 136 Å². The van der Waals surface area contributed by atoms with Gasteiger partial charge >= 0.3 is 11.9 Å². The Hall–Kier alpha value is -7.93. The van der Waals surface area contributed by atoms with Crippen molar-refractivity contribution in [2.75, 3.05) is 29.2 Å². The van der Waals surface area contributed by atoms with E-state index in [0.717, 1.165) is 68.9 Å². The van der Waals surface area contributed by atoms with Crippen LogP contribution in [0, 0.1) is 39.6 Å². The molecule has 3 aliphatic carbocycles. The molecule has 20 rings (SSSR count). The molecule has 133 heavy (non-hydrogen) atoms. The molecular formula is C101H112Cl7F3N10O12. The third-order valence-electron chi connectivity index (χ3n) is 31.6. The minimum atomic E-state index is -1.43. The summed E-state index contributed by atoms with van der Waals surface area (Å²) in [5, 5.41) is 45.8. The summed E-state index contributed by atoms with van der Waals surface area (Å²) in [6.07, 6.45) is 14.7. The number of rotatable bonds is 11. The number of aliphatic hydroxyl groups is 2. The lowest BCUT2D eigenvalue weighted by molar-refractivity contribution is -0.184. The molecule has 9 fully saturated rings. The Labute approximate surface area is 808 Å². The van der Waals surface area contributed by atoms with Gasteiger partial charge in [0.1, 0.15) is 67.3 Å². The first-order valence-electron chi connectivity index (χ1n) is 45.7. The van der Waals surface area contributed by atoms with Crippen molar-refractivity contribution in [1.82, 2.24) is 30.5 Å². The number of fused-ring (bicyclic) bond motifs is 11. The Morgan fingerprint density at radius 1 is 0.489 bits per heavy atom. The Bertz CT molecular complexity index is 5790. The van der Waals surface area contributed by atoms with Gasteiger partial charge in [-0.1, -0.05) is 208 Å². The van der Waals surface area contributed by atoms with Crippen LogP contribution in [0.2, 0.25) is 30.5 Å². The van der Waals surface area contributed by atoms with Gasteiger partial charge in [0.25, 0.3) is 0 Å². The lowest BCUT2D eigenvalue weighted by atomic mass is 9.53. The fraction of sp³-hybridized carbons (Fsp3) is 0.495. The van der Waals surface area contributed by atoms with Crippen molar-refractivity contribution in [3.8, 4) is 0 Å². The average molecular weight is 1960 g/mol. The van der Waals surface area contributed by atoms with E-state index in [2.05, 4.69) is 88.0 Å². The number of anilines is 3. The van der Waals surface area contributed by atoms with Crippen LogP contribution in [0.3, 0.4) is 0 Å². The number of nitrogens with two attached hydrogens (primary N) is 1. The zero-order valence-corrected chi connectivity index (χ0v) is 80.5. The van der Waals surface area contributed by atoms with Crippen LogP contribution in [-0.2, 0) is 59.2 Å². The highest BCUT2D eigenvalue weighted by molar-refractivity contribution is 6.32. The van der Waals surface area contributed by atoms with Crippen LogP contribution in [-0.4, -0.2) is 149 Å². The number of benzene rings is 5. The van der Waals surface area contributed by atoms with Crippen LogP contribution in [0.15, 0.2) is 152 Å². The number of esters is 1. The summed E-state index contributed by atoms with van der Waals surface area (Å²) in [5.74, 6) is -7.62. The van der Waals surface area contributed by atoms with Crippen molar-refractivity contribution >= 4 is 135 Å². The van der Waals surface area contributed by atoms with Crippen molar-refractivity contribution in [3.63, 3.8) is 0 Å². The predicted molar refractivity (Wildman–Crippen MR) is 507 cm³/mol. The maximum absolute atomic E-state index is 16.5. The zero-order valence-electron chi connectivity index (χ0n) is 75.1. The molecule has 9 aliphatic heterocycles. The van der Waals surface area contributed by atoms with Crippen LogP contribution in [0.4, 0.5) is 30.2 Å². The molecule has 6 saturated heterocycles. The summed E-state index contributed by atoms with van der Waals surface area (Å²) in [6.45, 7) is 17.6. The number of aromatic nitrogens is 3. The lowest BCUT2D eigenvalue weighted by Crippen LogP contribution is -2.64. The van der Waals surface area contributed by atoms with Gasteiger partial charge in [-0.05, 0) is 203 Å². The number of aliphatic carboxylic acids is 1. The topological polar surface area (TPSA) is 319 Å². The zero-order chi connectivity index (χ0) is 94.1. The minimum Gasteiger partial charge on any atom is -0.480 e. The summed E-state index contributed by atoms with van der Waals surface area (Å²) in [6, 6.07) is 35.3. The van der Waals surface area contributed by atoms with Crippen molar-refractivity contribution < 1.29 is 71.5 Å². The Morgan fingerprint density at radius 2 is 0.872 bits per heavy atom. The first-order valence-corrected chi connectivity index (χ1v) is 48.0. The van der Waals surface area contributed by atoms with Crippen molar-refractivity contribution in [3.05, 3.63) is 245 Å². The number of carboxylic acids is 1. The number of halogens is 10. The van der Waals surface area contributed by atoms with E-state index in [4.69, 9.17) is 94.7 Å². The average Bonchev–Trinajstić information content (AvgIpc) is 1.48. The summed E-state index contributed by atoms with van der Waals surface area (Å²) < 4.78 is 65.7. The number of ketones is 1. The molecule has 32 heteroatoms. The number of cyclic esters (lactones) is 1. The highest BCUT2D eigenvalue weighted by atomic mass is 35.5. The van der Waals surface area contributed by atoms with Gasteiger partial charge in [-0.3, -0.25) is 44.3 Å². The van der Waals surface area contributed by atoms with Gasteiger partial charge in [0.2, 0.25) is 17.7 Å². The van der Waals surface area contributed by atoms with Gasteiger partial charge in [0.05, 0.1) is 64.8 Å². The first kappa shape index (κ1) is 98.1. The number of carbonyl (C=O) groups excluding carboxylic acids is 5. The van der Waals surface area contributed by atoms with E-state index in [1.54, 1.807) is 74.8 Å². The number of carboxylic acid groups (broad SMARTS) is 1. The van der Waals surface area contributed by atoms with E-state index in [0.29, 0.717) is 91.9 Å². The van der Waals surface area contributed by atoms with Gasteiger partial charge < -0.3 is 51.2 Å². The number of nitrogens with one attached hydrogen (secondary N) is 5. The largest absolute Gasteiger partial charge is 0.480 e. The highest BCUT2D eigenvalue weighted by Crippen LogP contribution is 2.73. The Balaban J connectivity index is 0.000000139. The molecule has 22 nitrogen and oxygen atoms in total. The first-order chi connectivity index (χ1) is 62.7. The van der Waals surface area contributed by atoms with Crippen molar-refractivity contribution in [2.24, 2.45) is 27.9 Å². The number of pyridine rings is 3.